The van der Waals surface area contributed by atoms with Crippen molar-refractivity contribution in [2.45, 2.75) is 38.1 Å². The highest BCUT2D eigenvalue weighted by atomic mass is 32.2. The predicted octanol–water partition coefficient (Wildman–Crippen LogP) is 3.36. The number of aryl methyl sites for hydroxylation is 1. The van der Waals surface area contributed by atoms with Crippen LogP contribution in [0.4, 0.5) is 0 Å². The molecule has 0 N–H and O–H groups in total. The monoisotopic (exact) mass is 329 g/mol. The number of carbonyl (C=O) groups excluding carboxylic acids is 1. The Balaban J connectivity index is 1.73. The Hall–Kier alpha value is -1.75. The number of nitrogens with zero attached hydrogens (tertiary/aromatic N) is 3. The molecule has 23 heavy (non-hydrogen) atoms. The Labute approximate surface area is 141 Å². The fraction of sp³-hybridized carbons (Fsp3) is 0.444. The van der Waals surface area contributed by atoms with Gasteiger partial charge in [0, 0.05) is 24.1 Å². The molecule has 1 atom stereocenters. The largest absolute Gasteiger partial charge is 0.334 e. The molecule has 3 rings (SSSR count). The second-order valence-electron chi connectivity index (χ2n) is 6.17. The summed E-state index contributed by atoms with van der Waals surface area (Å²) in [7, 11) is 0. The van der Waals surface area contributed by atoms with Crippen LogP contribution in [-0.2, 0) is 12.3 Å². The summed E-state index contributed by atoms with van der Waals surface area (Å²) in [5.41, 5.74) is 3.17. The summed E-state index contributed by atoms with van der Waals surface area (Å²) in [6.07, 6.45) is 8.11. The van der Waals surface area contributed by atoms with Crippen LogP contribution in [0.2, 0.25) is 0 Å². The maximum Gasteiger partial charge on any atom is 0.254 e. The van der Waals surface area contributed by atoms with Gasteiger partial charge in [-0.3, -0.25) is 9.48 Å². The van der Waals surface area contributed by atoms with Gasteiger partial charge >= 0.3 is 0 Å². The summed E-state index contributed by atoms with van der Waals surface area (Å²) in [6, 6.07) is 8.28. The molecule has 2 heterocycles. The molecule has 1 fully saturated rings. The van der Waals surface area contributed by atoms with E-state index in [0.717, 1.165) is 42.8 Å². The molecule has 1 aromatic heterocycles. The first-order chi connectivity index (χ1) is 11.2. The SMILES string of the molecule is CSCc1cccc(C(=O)N2CCCC2Cn2cc(C)cn2)c1. The van der Waals surface area contributed by atoms with Crippen molar-refractivity contribution < 1.29 is 4.79 Å². The van der Waals surface area contributed by atoms with Gasteiger partial charge in [-0.05, 0) is 49.3 Å². The smallest absolute Gasteiger partial charge is 0.254 e. The molecule has 1 aliphatic heterocycles. The van der Waals surface area contributed by atoms with Crippen LogP contribution >= 0.6 is 11.8 Å². The zero-order valence-corrected chi connectivity index (χ0v) is 14.6. The van der Waals surface area contributed by atoms with Crippen LogP contribution in [0.1, 0.15) is 34.3 Å². The van der Waals surface area contributed by atoms with Crippen molar-refractivity contribution in [2.24, 2.45) is 0 Å². The first kappa shape index (κ1) is 16.1. The maximum absolute atomic E-state index is 12.9. The van der Waals surface area contributed by atoms with E-state index >= 15 is 0 Å². The Bertz CT molecular complexity index is 682. The van der Waals surface area contributed by atoms with Crippen LogP contribution in [0.5, 0.6) is 0 Å². The fourth-order valence-electron chi connectivity index (χ4n) is 3.20. The molecule has 122 valence electrons. The lowest BCUT2D eigenvalue weighted by Gasteiger charge is -2.25. The van der Waals surface area contributed by atoms with E-state index in [4.69, 9.17) is 0 Å². The topological polar surface area (TPSA) is 38.1 Å². The van der Waals surface area contributed by atoms with Crippen molar-refractivity contribution in [3.05, 3.63) is 53.3 Å². The molecule has 1 saturated heterocycles. The van der Waals surface area contributed by atoms with Crippen LogP contribution in [0.25, 0.3) is 0 Å². The van der Waals surface area contributed by atoms with Gasteiger partial charge in [0.15, 0.2) is 0 Å². The normalized spacial score (nSPS) is 17.7. The number of likely N-dealkylation sites (tertiary alicyclic amines) is 1. The lowest BCUT2D eigenvalue weighted by molar-refractivity contribution is 0.0721. The molecular formula is C18H23N3OS. The summed E-state index contributed by atoms with van der Waals surface area (Å²) in [5, 5.41) is 4.36. The third kappa shape index (κ3) is 3.78. The minimum Gasteiger partial charge on any atom is -0.334 e. The van der Waals surface area contributed by atoms with Crippen LogP contribution in [0, 0.1) is 6.92 Å². The van der Waals surface area contributed by atoms with E-state index < -0.39 is 0 Å². The summed E-state index contributed by atoms with van der Waals surface area (Å²) in [5.74, 6) is 1.09. The Morgan fingerprint density at radius 2 is 2.30 bits per heavy atom. The minimum absolute atomic E-state index is 0.152. The van der Waals surface area contributed by atoms with Crippen molar-refractivity contribution in [1.82, 2.24) is 14.7 Å². The van der Waals surface area contributed by atoms with E-state index in [2.05, 4.69) is 17.4 Å². The molecule has 0 spiro atoms. The number of benzene rings is 1. The van der Waals surface area contributed by atoms with Gasteiger partial charge in [0.1, 0.15) is 0 Å². The average molecular weight is 329 g/mol. The van der Waals surface area contributed by atoms with E-state index in [1.807, 2.05) is 47.1 Å². The highest BCUT2D eigenvalue weighted by Gasteiger charge is 2.29. The molecule has 1 aliphatic rings. The van der Waals surface area contributed by atoms with Gasteiger partial charge < -0.3 is 4.90 Å². The number of aromatic nitrogens is 2. The maximum atomic E-state index is 12.9. The minimum atomic E-state index is 0.152. The predicted molar refractivity (Wildman–Crippen MR) is 94.7 cm³/mol. The Morgan fingerprint density at radius 1 is 1.43 bits per heavy atom. The van der Waals surface area contributed by atoms with E-state index in [1.165, 1.54) is 5.56 Å². The van der Waals surface area contributed by atoms with Gasteiger partial charge in [0.05, 0.1) is 18.8 Å². The molecule has 5 heteroatoms. The molecular weight excluding hydrogens is 306 g/mol. The Morgan fingerprint density at radius 3 is 3.04 bits per heavy atom. The first-order valence-corrected chi connectivity index (χ1v) is 9.44. The van der Waals surface area contributed by atoms with E-state index in [9.17, 15) is 4.79 Å². The third-order valence-electron chi connectivity index (χ3n) is 4.28. The summed E-state index contributed by atoms with van der Waals surface area (Å²) >= 11 is 1.78. The highest BCUT2D eigenvalue weighted by Crippen LogP contribution is 2.22. The highest BCUT2D eigenvalue weighted by molar-refractivity contribution is 7.97. The first-order valence-electron chi connectivity index (χ1n) is 8.05. The molecule has 1 aromatic carbocycles. The van der Waals surface area contributed by atoms with Gasteiger partial charge in [-0.2, -0.15) is 16.9 Å². The lowest BCUT2D eigenvalue weighted by Crippen LogP contribution is -2.38. The molecule has 1 unspecified atom stereocenters. The number of hydrogen-bond acceptors (Lipinski definition) is 3. The quantitative estimate of drug-likeness (QED) is 0.844. The van der Waals surface area contributed by atoms with Gasteiger partial charge in [-0.25, -0.2) is 0 Å². The zero-order valence-electron chi connectivity index (χ0n) is 13.7. The van der Waals surface area contributed by atoms with Gasteiger partial charge in [-0.15, -0.1) is 0 Å². The van der Waals surface area contributed by atoms with Gasteiger partial charge in [-0.1, -0.05) is 12.1 Å². The van der Waals surface area contributed by atoms with Crippen molar-refractivity contribution in [2.75, 3.05) is 12.8 Å². The lowest BCUT2D eigenvalue weighted by atomic mass is 10.1. The van der Waals surface area contributed by atoms with Crippen molar-refractivity contribution in [1.29, 1.82) is 0 Å². The molecule has 0 radical (unpaired) electrons. The van der Waals surface area contributed by atoms with Crippen molar-refractivity contribution in [3.63, 3.8) is 0 Å². The third-order valence-corrected chi connectivity index (χ3v) is 4.91. The van der Waals surface area contributed by atoms with Crippen LogP contribution in [0.15, 0.2) is 36.7 Å². The number of hydrogen-bond donors (Lipinski definition) is 0. The van der Waals surface area contributed by atoms with Crippen LogP contribution in [0.3, 0.4) is 0 Å². The molecule has 0 aliphatic carbocycles. The Kier molecular flexibility index (Phi) is 5.06. The van der Waals surface area contributed by atoms with Crippen molar-refractivity contribution >= 4 is 17.7 Å². The summed E-state index contributed by atoms with van der Waals surface area (Å²) in [4.78, 5) is 14.9. The van der Waals surface area contributed by atoms with E-state index in [0.29, 0.717) is 0 Å². The number of carbonyl (C=O) groups is 1. The summed E-state index contributed by atoms with van der Waals surface area (Å²) in [6.45, 7) is 3.67. The number of rotatable bonds is 5. The van der Waals surface area contributed by atoms with Crippen LogP contribution < -0.4 is 0 Å². The molecule has 2 aromatic rings. The fourth-order valence-corrected chi connectivity index (χ4v) is 3.72. The second kappa shape index (κ2) is 7.21. The number of amides is 1. The van der Waals surface area contributed by atoms with Gasteiger partial charge in [0.25, 0.3) is 5.91 Å². The molecule has 1 amide bonds. The van der Waals surface area contributed by atoms with Crippen molar-refractivity contribution in [3.8, 4) is 0 Å². The standard InChI is InChI=1S/C18H23N3OS/c1-14-10-19-20(11-14)12-17-7-4-8-21(17)18(22)16-6-3-5-15(9-16)13-23-2/h3,5-6,9-11,17H,4,7-8,12-13H2,1-2H3. The van der Waals surface area contributed by atoms with E-state index in [-0.39, 0.29) is 11.9 Å². The summed E-state index contributed by atoms with van der Waals surface area (Å²) < 4.78 is 1.95. The molecule has 0 saturated carbocycles. The average Bonchev–Trinajstić information content (AvgIpc) is 3.17. The molecule has 4 nitrogen and oxygen atoms in total. The van der Waals surface area contributed by atoms with Gasteiger partial charge in [0.2, 0.25) is 0 Å². The van der Waals surface area contributed by atoms with Crippen LogP contribution in [-0.4, -0.2) is 39.4 Å². The molecule has 0 bridgehead atoms. The van der Waals surface area contributed by atoms with E-state index in [1.54, 1.807) is 11.8 Å². The second-order valence-corrected chi connectivity index (χ2v) is 7.03. The number of thioether (sulfide) groups is 1. The zero-order chi connectivity index (χ0) is 16.2.